The zero-order valence-corrected chi connectivity index (χ0v) is 34.6. The first-order valence-corrected chi connectivity index (χ1v) is 21.1. The maximum Gasteiger partial charge on any atom is 0.408 e. The first kappa shape index (κ1) is 43.9. The van der Waals surface area contributed by atoms with Crippen molar-refractivity contribution in [2.45, 2.75) is 120 Å². The molecule has 3 N–H and O–H groups in total. The Morgan fingerprint density at radius 3 is 2.46 bits per heavy atom. The summed E-state index contributed by atoms with van der Waals surface area (Å²) in [5.41, 5.74) is -4.04. The molecule has 3 fully saturated rings. The molecule has 1 saturated heterocycles. The third-order valence-corrected chi connectivity index (χ3v) is 14.3. The maximum atomic E-state index is 14.8. The van der Waals surface area contributed by atoms with E-state index in [0.29, 0.717) is 37.0 Å². The van der Waals surface area contributed by atoms with Gasteiger partial charge < -0.3 is 29.7 Å². The Morgan fingerprint density at radius 2 is 1.81 bits per heavy atom. The number of sulfonamides is 1. The van der Waals surface area contributed by atoms with E-state index in [4.69, 9.17) is 14.2 Å². The number of carbonyl (C=O) groups excluding carboxylic acids is 4. The lowest BCUT2D eigenvalue weighted by atomic mass is 9.88. The molecule has 6 rings (SSSR count). The average molecular weight is 854 g/mol. The molecule has 3 heterocycles. The highest BCUT2D eigenvalue weighted by Crippen LogP contribution is 2.48. The van der Waals surface area contributed by atoms with Crippen LogP contribution in [-0.2, 0) is 29.1 Å². The number of carbonyl (C=O) groups is 4. The molecule has 14 nitrogen and oxygen atoms in total. The lowest BCUT2D eigenvalue weighted by Gasteiger charge is -2.35. The van der Waals surface area contributed by atoms with E-state index in [1.54, 1.807) is 13.0 Å². The van der Waals surface area contributed by atoms with E-state index < -0.39 is 98.2 Å². The van der Waals surface area contributed by atoms with Gasteiger partial charge in [0, 0.05) is 30.7 Å². The Bertz CT molecular complexity index is 2130. The molecule has 1 aromatic heterocycles. The highest BCUT2D eigenvalue weighted by Gasteiger charge is 2.64. The molecule has 2 aliphatic carbocycles. The highest BCUT2D eigenvalue weighted by molar-refractivity contribution is 7.91. The Labute approximate surface area is 340 Å². The normalized spacial score (nSPS) is 29.2. The van der Waals surface area contributed by atoms with E-state index in [0.717, 1.165) is 18.7 Å². The van der Waals surface area contributed by atoms with Crippen molar-refractivity contribution in [1.82, 2.24) is 25.2 Å². The van der Waals surface area contributed by atoms with Gasteiger partial charge in [0.2, 0.25) is 33.6 Å². The average Bonchev–Trinajstić information content (AvgIpc) is 4.05. The molecule has 4 aliphatic rings. The number of halogens is 4. The fraction of sp³-hybridized carbons (Fsp3) is 0.625. The number of hydrogen-bond acceptors (Lipinski definition) is 10. The molecule has 1 unspecified atom stereocenters. The Hall–Kier alpha value is -4.68. The van der Waals surface area contributed by atoms with Gasteiger partial charge in [0.25, 0.3) is 11.8 Å². The van der Waals surface area contributed by atoms with Crippen LogP contribution in [0.2, 0.25) is 0 Å². The summed E-state index contributed by atoms with van der Waals surface area (Å²) in [5, 5.41) is 5.99. The lowest BCUT2D eigenvalue weighted by Crippen LogP contribution is -2.60. The number of nitrogens with one attached hydrogen (secondary N) is 3. The van der Waals surface area contributed by atoms with Crippen molar-refractivity contribution >= 4 is 44.6 Å². The monoisotopic (exact) mass is 853 g/mol. The number of fused-ring (bicyclic) bond motifs is 3. The number of amides is 4. The third kappa shape index (κ3) is 8.94. The molecule has 59 heavy (non-hydrogen) atoms. The zero-order chi connectivity index (χ0) is 43.3. The van der Waals surface area contributed by atoms with Gasteiger partial charge in [0.1, 0.15) is 41.0 Å². The molecule has 1 aromatic carbocycles. The minimum absolute atomic E-state index is 0.00145. The molecule has 19 heteroatoms. The van der Waals surface area contributed by atoms with Crippen LogP contribution in [0.5, 0.6) is 11.8 Å². The van der Waals surface area contributed by atoms with Crippen LogP contribution in [0.4, 0.5) is 22.4 Å². The quantitative estimate of drug-likeness (QED) is 0.215. The Balaban J connectivity index is 1.37. The van der Waals surface area contributed by atoms with Crippen molar-refractivity contribution in [2.24, 2.45) is 17.8 Å². The van der Waals surface area contributed by atoms with E-state index in [2.05, 4.69) is 15.6 Å². The standard InChI is InChI=1S/C40H51F4N5O9S/c1-22-9-7-8-10-25-19-40(25,35(52)48-59(54,55)39(21-41)13-14-39)47-32(50)29-18-27(57-33-28-12-11-26(42)16-24(28)17-30(45-33)56-6)20-49(29)34(51)31(23(2)15-22)46-36(53)58-37(3,4)38(5,43)44/h8,10-12,16-17,22-23,25,27,29,31H,7,9,13-15,18-21H2,1-6H3,(H,46,53)(H,47,50)(H,48,52)/b10-8-/t22-,23+,25?,27+,29-,31-,40+/m0/s1. The summed E-state index contributed by atoms with van der Waals surface area (Å²) in [4.78, 5) is 62.1. The number of alkyl carbamates (subject to hydrolysis) is 1. The number of alkyl halides is 3. The summed E-state index contributed by atoms with van der Waals surface area (Å²) in [6.45, 7) is 4.83. The number of allylic oxidation sites excluding steroid dienone is 1. The van der Waals surface area contributed by atoms with Crippen LogP contribution in [0, 0.1) is 23.6 Å². The lowest BCUT2D eigenvalue weighted by molar-refractivity contribution is -0.152. The number of rotatable bonds is 10. The molecule has 0 spiro atoms. The van der Waals surface area contributed by atoms with Crippen molar-refractivity contribution < 1.29 is 59.4 Å². The van der Waals surface area contributed by atoms with Crippen LogP contribution in [0.3, 0.4) is 0 Å². The SMILES string of the molecule is COc1cc2cc(F)ccc2c(O[C@@H]2C[C@H]3C(=O)N[C@]4(C(=O)NS(=O)(=O)C5(CF)CC5)CC4/C=C\CC[C@H](C)C[C@@H](C)[C@H](NC(=O)OC(C)(C)C(C)(F)F)C(=O)N3C2)n1. The molecule has 7 atom stereocenters. The predicted octanol–water partition coefficient (Wildman–Crippen LogP) is 5.09. The topological polar surface area (TPSA) is 182 Å². The first-order valence-electron chi connectivity index (χ1n) is 19.7. The van der Waals surface area contributed by atoms with Crippen molar-refractivity contribution in [3.05, 3.63) is 42.2 Å². The van der Waals surface area contributed by atoms with Crippen LogP contribution in [-0.4, -0.2) is 102 Å². The fourth-order valence-corrected chi connectivity index (χ4v) is 9.18. The predicted molar refractivity (Wildman–Crippen MR) is 206 cm³/mol. The summed E-state index contributed by atoms with van der Waals surface area (Å²) in [7, 11) is -3.11. The summed E-state index contributed by atoms with van der Waals surface area (Å²) < 4.78 is 100. The number of nitrogens with zero attached hydrogens (tertiary/aromatic N) is 2. The number of pyridine rings is 1. The minimum atomic E-state index is -4.47. The molecule has 2 aliphatic heterocycles. The molecule has 4 amide bonds. The van der Waals surface area contributed by atoms with Crippen molar-refractivity contribution in [2.75, 3.05) is 20.3 Å². The van der Waals surface area contributed by atoms with E-state index in [1.807, 2.05) is 17.7 Å². The minimum Gasteiger partial charge on any atom is -0.481 e. The van der Waals surface area contributed by atoms with E-state index in [1.165, 1.54) is 31.4 Å². The zero-order valence-electron chi connectivity index (χ0n) is 33.8. The van der Waals surface area contributed by atoms with Gasteiger partial charge in [0.15, 0.2) is 5.60 Å². The number of ether oxygens (including phenoxy) is 3. The van der Waals surface area contributed by atoms with Gasteiger partial charge in [-0.2, -0.15) is 4.98 Å². The number of benzene rings is 1. The second kappa shape index (κ2) is 16.1. The third-order valence-electron chi connectivity index (χ3n) is 12.2. The molecule has 2 aromatic rings. The first-order chi connectivity index (χ1) is 27.5. The van der Waals surface area contributed by atoms with Crippen LogP contribution < -0.4 is 24.8 Å². The largest absolute Gasteiger partial charge is 0.481 e. The molecule has 324 valence electrons. The molecular weight excluding hydrogens is 803 g/mol. The highest BCUT2D eigenvalue weighted by atomic mass is 32.2. The van der Waals surface area contributed by atoms with Gasteiger partial charge in [-0.05, 0) is 87.8 Å². The molecule has 0 radical (unpaired) electrons. The van der Waals surface area contributed by atoms with Crippen molar-refractivity contribution in [1.29, 1.82) is 0 Å². The van der Waals surface area contributed by atoms with E-state index in [-0.39, 0.29) is 49.9 Å². The van der Waals surface area contributed by atoms with Crippen LogP contribution >= 0.6 is 0 Å². The number of hydrogen-bond donors (Lipinski definition) is 3. The van der Waals surface area contributed by atoms with Crippen molar-refractivity contribution in [3.8, 4) is 11.8 Å². The second-order valence-electron chi connectivity index (χ2n) is 17.1. The fourth-order valence-electron chi connectivity index (χ4n) is 7.75. The van der Waals surface area contributed by atoms with Gasteiger partial charge >= 0.3 is 6.09 Å². The molecular formula is C40H51F4N5O9S. The molecule has 2 saturated carbocycles. The second-order valence-corrected chi connectivity index (χ2v) is 19.2. The van der Waals surface area contributed by atoms with E-state index >= 15 is 0 Å². The number of aromatic nitrogens is 1. The van der Waals surface area contributed by atoms with Gasteiger partial charge in [-0.1, -0.05) is 26.0 Å². The van der Waals surface area contributed by atoms with Gasteiger partial charge in [0.05, 0.1) is 13.7 Å². The summed E-state index contributed by atoms with van der Waals surface area (Å²) in [6, 6.07) is 2.61. The number of methoxy groups -OCH3 is 1. The van der Waals surface area contributed by atoms with Crippen LogP contribution in [0.1, 0.15) is 79.6 Å². The van der Waals surface area contributed by atoms with E-state index in [9.17, 15) is 45.2 Å². The molecule has 0 bridgehead atoms. The van der Waals surface area contributed by atoms with Crippen LogP contribution in [0.25, 0.3) is 10.8 Å². The summed E-state index contributed by atoms with van der Waals surface area (Å²) in [5.74, 6) is -7.89. The summed E-state index contributed by atoms with van der Waals surface area (Å²) in [6.07, 6.45) is 2.64. The van der Waals surface area contributed by atoms with Gasteiger partial charge in [-0.15, -0.1) is 0 Å². The Kier molecular flexibility index (Phi) is 11.9. The van der Waals surface area contributed by atoms with Gasteiger partial charge in [-0.3, -0.25) is 19.1 Å². The van der Waals surface area contributed by atoms with Gasteiger partial charge in [-0.25, -0.2) is 30.8 Å². The van der Waals surface area contributed by atoms with Crippen LogP contribution in [0.15, 0.2) is 36.4 Å². The Morgan fingerprint density at radius 1 is 1.10 bits per heavy atom. The maximum absolute atomic E-state index is 14.8. The summed E-state index contributed by atoms with van der Waals surface area (Å²) >= 11 is 0. The smallest absolute Gasteiger partial charge is 0.408 e. The van der Waals surface area contributed by atoms with Crippen molar-refractivity contribution in [3.63, 3.8) is 0 Å².